The fourth-order valence-electron chi connectivity index (χ4n) is 5.14. The fraction of sp³-hybridized carbons (Fsp3) is 0.417. The number of aliphatic hydroxyl groups excluding tert-OH is 1. The zero-order chi connectivity index (χ0) is 21.3. The Labute approximate surface area is 176 Å². The SMILES string of the molecule is CCNC(=O)[C@@H]1[C@@H](CO)[C@@H]2Cn3c(ccc(/C=C/c4ccccc4)c3=O)[C@H]1N2CC. The highest BCUT2D eigenvalue weighted by Crippen LogP contribution is 2.47. The molecule has 0 radical (unpaired) electrons. The van der Waals surface area contributed by atoms with E-state index >= 15 is 0 Å². The van der Waals surface area contributed by atoms with Gasteiger partial charge in [-0.2, -0.15) is 0 Å². The minimum atomic E-state index is -0.362. The highest BCUT2D eigenvalue weighted by atomic mass is 16.3. The number of benzene rings is 1. The normalized spacial score (nSPS) is 25.4. The molecule has 2 aromatic rings. The number of aromatic nitrogens is 1. The number of aliphatic hydroxyl groups is 1. The van der Waals surface area contributed by atoms with E-state index in [2.05, 4.69) is 17.1 Å². The molecular weight excluding hydrogens is 378 g/mol. The number of carbonyl (C=O) groups is 1. The first kappa shape index (κ1) is 20.6. The minimum Gasteiger partial charge on any atom is -0.396 e. The standard InChI is InChI=1S/C24H29N3O3/c1-3-25-23(29)21-18(15-28)20-14-27-19(22(21)26(20)4-2)13-12-17(24(27)30)11-10-16-8-6-5-7-9-16/h5-13,18,20-22,28H,3-4,14-15H2,1-2H3,(H,25,29)/b11-10+/t18-,20-,21+,22+/m0/s1. The molecule has 30 heavy (non-hydrogen) atoms. The Bertz CT molecular complexity index is 999. The molecule has 1 amide bonds. The maximum Gasteiger partial charge on any atom is 0.258 e. The monoisotopic (exact) mass is 407 g/mol. The van der Waals surface area contributed by atoms with Crippen LogP contribution < -0.4 is 10.9 Å². The summed E-state index contributed by atoms with van der Waals surface area (Å²) in [6, 6.07) is 13.5. The van der Waals surface area contributed by atoms with Gasteiger partial charge in [0.05, 0.1) is 12.0 Å². The first-order valence-corrected chi connectivity index (χ1v) is 10.7. The van der Waals surface area contributed by atoms with E-state index in [9.17, 15) is 14.7 Å². The smallest absolute Gasteiger partial charge is 0.258 e. The molecule has 0 saturated carbocycles. The van der Waals surface area contributed by atoms with Crippen molar-refractivity contribution >= 4 is 18.1 Å². The van der Waals surface area contributed by atoms with Crippen molar-refractivity contribution < 1.29 is 9.90 Å². The number of fused-ring (bicyclic) bond motifs is 4. The van der Waals surface area contributed by atoms with Gasteiger partial charge in [0.25, 0.3) is 5.56 Å². The van der Waals surface area contributed by atoms with Crippen LogP contribution in [0.5, 0.6) is 0 Å². The summed E-state index contributed by atoms with van der Waals surface area (Å²) in [5.74, 6) is -0.598. The van der Waals surface area contributed by atoms with E-state index in [0.29, 0.717) is 18.7 Å². The third-order valence-corrected chi connectivity index (χ3v) is 6.47. The largest absolute Gasteiger partial charge is 0.396 e. The van der Waals surface area contributed by atoms with Crippen molar-refractivity contribution in [2.45, 2.75) is 32.5 Å². The second-order valence-electron chi connectivity index (χ2n) is 7.98. The lowest BCUT2D eigenvalue weighted by Crippen LogP contribution is -2.46. The maximum absolute atomic E-state index is 13.3. The molecule has 0 unspecified atom stereocenters. The molecule has 6 nitrogen and oxygen atoms in total. The molecule has 4 atom stereocenters. The van der Waals surface area contributed by atoms with Crippen molar-refractivity contribution in [1.29, 1.82) is 0 Å². The zero-order valence-corrected chi connectivity index (χ0v) is 17.5. The van der Waals surface area contributed by atoms with Gasteiger partial charge < -0.3 is 15.0 Å². The Balaban J connectivity index is 1.75. The average Bonchev–Trinajstić information content (AvgIpc) is 3.00. The van der Waals surface area contributed by atoms with E-state index in [4.69, 9.17) is 0 Å². The van der Waals surface area contributed by atoms with E-state index in [0.717, 1.165) is 17.8 Å². The van der Waals surface area contributed by atoms with Crippen LogP contribution in [-0.2, 0) is 11.3 Å². The van der Waals surface area contributed by atoms with Crippen LogP contribution in [0.1, 0.15) is 36.7 Å². The van der Waals surface area contributed by atoms with Gasteiger partial charge in [0.15, 0.2) is 0 Å². The van der Waals surface area contributed by atoms with Crippen molar-refractivity contribution in [2.75, 3.05) is 19.7 Å². The summed E-state index contributed by atoms with van der Waals surface area (Å²) in [5.41, 5.74) is 2.48. The van der Waals surface area contributed by atoms with E-state index < -0.39 is 0 Å². The quantitative estimate of drug-likeness (QED) is 0.769. The van der Waals surface area contributed by atoms with Gasteiger partial charge in [0.2, 0.25) is 5.91 Å². The molecule has 2 bridgehead atoms. The predicted molar refractivity (Wildman–Crippen MR) is 118 cm³/mol. The lowest BCUT2D eigenvalue weighted by atomic mass is 9.86. The minimum absolute atomic E-state index is 0.0313. The van der Waals surface area contributed by atoms with E-state index in [1.807, 2.05) is 66.1 Å². The van der Waals surface area contributed by atoms with Gasteiger partial charge >= 0.3 is 0 Å². The lowest BCUT2D eigenvalue weighted by molar-refractivity contribution is -0.127. The lowest BCUT2D eigenvalue weighted by Gasteiger charge is -2.37. The highest BCUT2D eigenvalue weighted by molar-refractivity contribution is 5.80. The van der Waals surface area contributed by atoms with Gasteiger partial charge in [0.1, 0.15) is 0 Å². The summed E-state index contributed by atoms with van der Waals surface area (Å²) >= 11 is 0. The van der Waals surface area contributed by atoms with Crippen LogP contribution in [0.2, 0.25) is 0 Å². The number of likely N-dealkylation sites (N-methyl/N-ethyl adjacent to an activating group) is 1. The molecule has 1 aromatic carbocycles. The van der Waals surface area contributed by atoms with Crippen LogP contribution in [0.3, 0.4) is 0 Å². The zero-order valence-electron chi connectivity index (χ0n) is 17.5. The molecule has 6 heteroatoms. The summed E-state index contributed by atoms with van der Waals surface area (Å²) in [6.45, 7) is 5.71. The molecule has 3 heterocycles. The van der Waals surface area contributed by atoms with Gasteiger partial charge in [-0.15, -0.1) is 0 Å². The van der Waals surface area contributed by atoms with Crippen LogP contribution in [0, 0.1) is 11.8 Å². The molecule has 0 spiro atoms. The van der Waals surface area contributed by atoms with Crippen LogP contribution >= 0.6 is 0 Å². The summed E-state index contributed by atoms with van der Waals surface area (Å²) in [6.07, 6.45) is 3.79. The van der Waals surface area contributed by atoms with Crippen molar-refractivity contribution in [2.24, 2.45) is 11.8 Å². The van der Waals surface area contributed by atoms with E-state index in [1.165, 1.54) is 0 Å². The van der Waals surface area contributed by atoms with Gasteiger partial charge in [-0.05, 0) is 37.2 Å². The molecule has 2 N–H and O–H groups in total. The van der Waals surface area contributed by atoms with Crippen molar-refractivity contribution in [1.82, 2.24) is 14.8 Å². The van der Waals surface area contributed by atoms with Gasteiger partial charge in [0, 0.05) is 42.9 Å². The molecule has 1 aromatic heterocycles. The predicted octanol–water partition coefficient (Wildman–Crippen LogP) is 2.14. The summed E-state index contributed by atoms with van der Waals surface area (Å²) in [7, 11) is 0. The summed E-state index contributed by atoms with van der Waals surface area (Å²) in [4.78, 5) is 28.4. The second-order valence-corrected chi connectivity index (χ2v) is 7.98. The first-order chi connectivity index (χ1) is 14.6. The second kappa shape index (κ2) is 8.58. The molecule has 158 valence electrons. The third kappa shape index (κ3) is 3.40. The Morgan fingerprint density at radius 3 is 2.60 bits per heavy atom. The highest BCUT2D eigenvalue weighted by Gasteiger charge is 2.55. The molecule has 1 saturated heterocycles. The number of rotatable bonds is 6. The third-order valence-electron chi connectivity index (χ3n) is 6.47. The van der Waals surface area contributed by atoms with E-state index in [-0.39, 0.29) is 42.0 Å². The van der Waals surface area contributed by atoms with Crippen molar-refractivity contribution in [3.8, 4) is 0 Å². The number of hydrogen-bond donors (Lipinski definition) is 2. The van der Waals surface area contributed by atoms with Gasteiger partial charge in [-0.25, -0.2) is 0 Å². The van der Waals surface area contributed by atoms with E-state index in [1.54, 1.807) is 0 Å². The Morgan fingerprint density at radius 2 is 1.93 bits per heavy atom. The number of hydrogen-bond acceptors (Lipinski definition) is 4. The number of carbonyl (C=O) groups excluding carboxylic acids is 1. The number of amides is 1. The molecule has 1 fully saturated rings. The Morgan fingerprint density at radius 1 is 1.17 bits per heavy atom. The number of nitrogens with zero attached hydrogens (tertiary/aromatic N) is 2. The first-order valence-electron chi connectivity index (χ1n) is 10.7. The van der Waals surface area contributed by atoms with Crippen LogP contribution in [-0.4, -0.2) is 46.2 Å². The van der Waals surface area contributed by atoms with Crippen molar-refractivity contribution in [3.63, 3.8) is 0 Å². The average molecular weight is 408 g/mol. The Kier molecular flexibility index (Phi) is 5.88. The van der Waals surface area contributed by atoms with Crippen LogP contribution in [0.15, 0.2) is 47.3 Å². The number of pyridine rings is 1. The number of nitrogens with one attached hydrogen (secondary N) is 1. The Hall–Kier alpha value is -2.70. The molecule has 2 aliphatic heterocycles. The van der Waals surface area contributed by atoms with Gasteiger partial charge in [-0.1, -0.05) is 43.3 Å². The molecular formula is C24H29N3O3. The fourth-order valence-corrected chi connectivity index (χ4v) is 5.14. The summed E-state index contributed by atoms with van der Waals surface area (Å²) in [5, 5.41) is 13.1. The van der Waals surface area contributed by atoms with Crippen LogP contribution in [0.25, 0.3) is 12.2 Å². The molecule has 0 aliphatic carbocycles. The van der Waals surface area contributed by atoms with Crippen LogP contribution in [0.4, 0.5) is 0 Å². The molecule has 2 aliphatic rings. The maximum atomic E-state index is 13.3. The van der Waals surface area contributed by atoms with Crippen molar-refractivity contribution in [3.05, 3.63) is 69.6 Å². The summed E-state index contributed by atoms with van der Waals surface area (Å²) < 4.78 is 1.81. The molecule has 4 rings (SSSR count). The topological polar surface area (TPSA) is 74.6 Å². The van der Waals surface area contributed by atoms with Gasteiger partial charge in [-0.3, -0.25) is 14.5 Å².